The average molecular weight is 601 g/mol. The van der Waals surface area contributed by atoms with Crippen LogP contribution in [0.25, 0.3) is 84.3 Å². The molecule has 0 radical (unpaired) electrons. The van der Waals surface area contributed by atoms with Crippen molar-refractivity contribution in [3.05, 3.63) is 174 Å². The molecule has 0 nitrogen and oxygen atoms in total. The summed E-state index contributed by atoms with van der Waals surface area (Å²) in [6.45, 7) is 6.15. The summed E-state index contributed by atoms with van der Waals surface area (Å²) in [6, 6.07) is 49.4. The summed E-state index contributed by atoms with van der Waals surface area (Å²) in [4.78, 5) is 0. The van der Waals surface area contributed by atoms with Crippen molar-refractivity contribution in [3.63, 3.8) is 0 Å². The summed E-state index contributed by atoms with van der Waals surface area (Å²) in [5.74, 6) is 0. The molecule has 0 heteroatoms. The number of fused-ring (bicyclic) bond motifs is 3. The molecule has 8 rings (SSSR count). The lowest BCUT2D eigenvalue weighted by Gasteiger charge is -2.19. The van der Waals surface area contributed by atoms with Crippen LogP contribution in [0.5, 0.6) is 0 Å². The smallest absolute Gasteiger partial charge is 0.00262 e. The van der Waals surface area contributed by atoms with Crippen LogP contribution in [0, 0.1) is 0 Å². The second kappa shape index (κ2) is 12.2. The highest BCUT2D eigenvalue weighted by molar-refractivity contribution is 6.21. The lowest BCUT2D eigenvalue weighted by atomic mass is 9.84. The molecule has 1 aliphatic rings. The van der Waals surface area contributed by atoms with E-state index in [0.29, 0.717) is 0 Å². The van der Waals surface area contributed by atoms with Gasteiger partial charge in [0.15, 0.2) is 0 Å². The maximum absolute atomic E-state index is 4.08. The predicted octanol–water partition coefficient (Wildman–Crippen LogP) is 13.3. The van der Waals surface area contributed by atoms with Gasteiger partial charge in [-0.15, -0.1) is 0 Å². The Morgan fingerprint density at radius 3 is 1.77 bits per heavy atom. The highest BCUT2D eigenvalue weighted by atomic mass is 14.2. The van der Waals surface area contributed by atoms with Gasteiger partial charge < -0.3 is 0 Å². The molecule has 0 spiro atoms. The van der Waals surface area contributed by atoms with E-state index in [0.717, 1.165) is 18.4 Å². The lowest BCUT2D eigenvalue weighted by molar-refractivity contribution is 0.986. The van der Waals surface area contributed by atoms with E-state index < -0.39 is 0 Å². The van der Waals surface area contributed by atoms with Gasteiger partial charge in [-0.2, -0.15) is 0 Å². The molecule has 0 fully saturated rings. The van der Waals surface area contributed by atoms with Gasteiger partial charge in [0.05, 0.1) is 0 Å². The molecule has 0 heterocycles. The van der Waals surface area contributed by atoms with Crippen molar-refractivity contribution < 1.29 is 0 Å². The van der Waals surface area contributed by atoms with Gasteiger partial charge in [-0.3, -0.25) is 0 Å². The van der Waals surface area contributed by atoms with Crippen LogP contribution in [0.4, 0.5) is 0 Å². The van der Waals surface area contributed by atoms with E-state index in [-0.39, 0.29) is 0 Å². The van der Waals surface area contributed by atoms with Crippen LogP contribution in [0.3, 0.4) is 0 Å². The molecular weight excluding hydrogens is 565 g/mol. The van der Waals surface area contributed by atoms with Crippen LogP contribution in [0.1, 0.15) is 35.6 Å². The number of allylic oxidation sites excluding steroid dienone is 2. The van der Waals surface area contributed by atoms with Crippen LogP contribution in [-0.4, -0.2) is 0 Å². The number of benzene rings is 7. The third-order valence-electron chi connectivity index (χ3n) is 9.60. The fourth-order valence-corrected chi connectivity index (χ4v) is 7.42. The Kier molecular flexibility index (Phi) is 7.48. The summed E-state index contributed by atoms with van der Waals surface area (Å²) in [5, 5.41) is 5.05. The molecule has 0 bridgehead atoms. The Bertz CT molecular complexity index is 2320. The summed E-state index contributed by atoms with van der Waals surface area (Å²) < 4.78 is 0. The molecule has 7 aromatic carbocycles. The van der Waals surface area contributed by atoms with Crippen molar-refractivity contribution in [1.29, 1.82) is 0 Å². The minimum Gasteiger partial charge on any atom is -0.0984 e. The fraction of sp³-hybridized carbons (Fsp3) is 0.0638. The normalized spacial score (nSPS) is 12.5. The van der Waals surface area contributed by atoms with Gasteiger partial charge in [0, 0.05) is 0 Å². The number of hydrogen-bond donors (Lipinski definition) is 0. The highest BCUT2D eigenvalue weighted by Crippen LogP contribution is 2.45. The predicted molar refractivity (Wildman–Crippen MR) is 205 cm³/mol. The lowest BCUT2D eigenvalue weighted by Crippen LogP contribution is -1.94. The monoisotopic (exact) mass is 600 g/mol. The van der Waals surface area contributed by atoms with Gasteiger partial charge >= 0.3 is 0 Å². The molecule has 0 unspecified atom stereocenters. The maximum Gasteiger partial charge on any atom is -0.00262 e. The Morgan fingerprint density at radius 1 is 0.553 bits per heavy atom. The minimum absolute atomic E-state index is 1.12. The number of aryl methyl sites for hydroxylation is 1. The van der Waals surface area contributed by atoms with E-state index in [2.05, 4.69) is 171 Å². The SMILES string of the molecule is C=Cc1cccc(-c2cccc(-c3c4ccccc4c(-c4cccc(-c5ccc6c(c5)C=CCC6)c4)c4ccccc34)c2)c1/C=C\C. The molecule has 0 N–H and O–H groups in total. The quantitative estimate of drug-likeness (QED) is 0.167. The van der Waals surface area contributed by atoms with Crippen LogP contribution < -0.4 is 0 Å². The molecule has 47 heavy (non-hydrogen) atoms. The van der Waals surface area contributed by atoms with E-state index in [1.165, 1.54) is 82.7 Å². The van der Waals surface area contributed by atoms with Gasteiger partial charge in [-0.25, -0.2) is 0 Å². The molecular formula is C47H36. The van der Waals surface area contributed by atoms with E-state index >= 15 is 0 Å². The third-order valence-corrected chi connectivity index (χ3v) is 9.60. The molecule has 0 amide bonds. The first-order valence-corrected chi connectivity index (χ1v) is 16.6. The zero-order valence-corrected chi connectivity index (χ0v) is 26.7. The van der Waals surface area contributed by atoms with Crippen molar-refractivity contribution in [2.24, 2.45) is 0 Å². The highest BCUT2D eigenvalue weighted by Gasteiger charge is 2.18. The van der Waals surface area contributed by atoms with Crippen molar-refractivity contribution in [2.75, 3.05) is 0 Å². The second-order valence-electron chi connectivity index (χ2n) is 12.4. The second-order valence-corrected chi connectivity index (χ2v) is 12.4. The first-order valence-electron chi connectivity index (χ1n) is 16.6. The molecule has 0 aromatic heterocycles. The fourth-order valence-electron chi connectivity index (χ4n) is 7.42. The molecule has 0 saturated heterocycles. The zero-order valence-electron chi connectivity index (χ0n) is 26.7. The van der Waals surface area contributed by atoms with Crippen molar-refractivity contribution in [2.45, 2.75) is 19.8 Å². The van der Waals surface area contributed by atoms with Gasteiger partial charge in [-0.1, -0.05) is 152 Å². The number of rotatable bonds is 6. The van der Waals surface area contributed by atoms with Crippen LogP contribution >= 0.6 is 0 Å². The van der Waals surface area contributed by atoms with Crippen molar-refractivity contribution in [3.8, 4) is 44.5 Å². The van der Waals surface area contributed by atoms with E-state index in [9.17, 15) is 0 Å². The van der Waals surface area contributed by atoms with E-state index in [1.54, 1.807) is 0 Å². The number of hydrogen-bond acceptors (Lipinski definition) is 0. The zero-order chi connectivity index (χ0) is 31.7. The van der Waals surface area contributed by atoms with Gasteiger partial charge in [0.2, 0.25) is 0 Å². The van der Waals surface area contributed by atoms with Crippen molar-refractivity contribution >= 4 is 39.8 Å². The third kappa shape index (κ3) is 5.13. The molecule has 1 aliphatic carbocycles. The molecule has 0 aliphatic heterocycles. The van der Waals surface area contributed by atoms with Gasteiger partial charge in [-0.05, 0) is 126 Å². The average Bonchev–Trinajstić information content (AvgIpc) is 3.14. The van der Waals surface area contributed by atoms with Gasteiger partial charge in [0.1, 0.15) is 0 Å². The molecule has 0 atom stereocenters. The molecule has 224 valence electrons. The summed E-state index contributed by atoms with van der Waals surface area (Å²) >= 11 is 0. The first kappa shape index (κ1) is 28.7. The topological polar surface area (TPSA) is 0 Å². The maximum atomic E-state index is 4.08. The summed E-state index contributed by atoms with van der Waals surface area (Å²) in [7, 11) is 0. The Balaban J connectivity index is 1.33. The molecule has 7 aromatic rings. The summed E-state index contributed by atoms with van der Waals surface area (Å²) in [5.41, 5.74) is 15.0. The largest absolute Gasteiger partial charge is 0.0984 e. The standard InChI is InChI=1S/C47H36/c1-3-14-40-32(4-2)17-13-26-41(40)37-19-12-21-39(31-37)47-44-24-9-7-22-42(44)46(43-23-8-10-25-45(43)47)38-20-11-18-35(30-38)36-28-27-33-15-5-6-16-34(33)29-36/h3-4,6-14,16-31H,2,5,15H2,1H3/b14-3-. The van der Waals surface area contributed by atoms with Crippen LogP contribution in [0.2, 0.25) is 0 Å². The van der Waals surface area contributed by atoms with Crippen LogP contribution in [0.15, 0.2) is 152 Å². The minimum atomic E-state index is 1.12. The van der Waals surface area contributed by atoms with Gasteiger partial charge in [0.25, 0.3) is 0 Å². The molecule has 0 saturated carbocycles. The van der Waals surface area contributed by atoms with E-state index in [4.69, 9.17) is 0 Å². The summed E-state index contributed by atoms with van der Waals surface area (Å²) in [6.07, 6.45) is 13.1. The van der Waals surface area contributed by atoms with Crippen LogP contribution in [-0.2, 0) is 6.42 Å². The Morgan fingerprint density at radius 2 is 1.13 bits per heavy atom. The Labute approximate surface area is 277 Å². The van der Waals surface area contributed by atoms with Crippen molar-refractivity contribution in [1.82, 2.24) is 0 Å². The van der Waals surface area contributed by atoms with E-state index in [1.807, 2.05) is 6.08 Å². The first-order chi connectivity index (χ1) is 23.2. The Hall–Kier alpha value is -5.72.